The van der Waals surface area contributed by atoms with Crippen molar-refractivity contribution in [3.8, 4) is 5.75 Å². The van der Waals surface area contributed by atoms with Crippen LogP contribution in [0.25, 0.3) is 0 Å². The number of aliphatic hydroxyl groups excluding tert-OH is 3. The van der Waals surface area contributed by atoms with Crippen LogP contribution in [-0.4, -0.2) is 181 Å². The second-order valence-corrected chi connectivity index (χ2v) is 18.3. The van der Waals surface area contributed by atoms with E-state index in [1.165, 1.54) is 31.2 Å². The molecule has 0 aliphatic carbocycles. The minimum atomic E-state index is -1.89. The average molecular weight is 1040 g/mol. The number of carbonyl (C=O) groups excluding carboxylic acids is 9. The maximum Gasteiger partial charge on any atom is 0.326 e. The number of phenols is 1. The molecule has 11 atom stereocenters. The van der Waals surface area contributed by atoms with Crippen molar-refractivity contribution in [1.29, 1.82) is 0 Å². The Morgan fingerprint density at radius 1 is 0.671 bits per heavy atom. The van der Waals surface area contributed by atoms with E-state index >= 15 is 0 Å². The number of aromatic hydroxyl groups is 1. The van der Waals surface area contributed by atoms with Gasteiger partial charge < -0.3 is 84.2 Å². The summed E-state index contributed by atoms with van der Waals surface area (Å²) in [6.45, 7) is 5.89. The zero-order valence-electron chi connectivity index (χ0n) is 41.5. The molecule has 17 N–H and O–H groups in total. The summed E-state index contributed by atoms with van der Waals surface area (Å²) in [5, 5.41) is 75.6. The van der Waals surface area contributed by atoms with E-state index in [1.807, 2.05) is 0 Å². The third-order valence-electron chi connectivity index (χ3n) is 12.0. The smallest absolute Gasteiger partial charge is 0.326 e. The topological polar surface area (TPSA) is 449 Å². The number of nitrogens with two attached hydrogens (primary N) is 2. The van der Waals surface area contributed by atoms with E-state index in [9.17, 15) is 83.4 Å². The molecule has 0 radical (unpaired) electrons. The summed E-state index contributed by atoms with van der Waals surface area (Å²) in [6, 6.07) is -8.22. The average Bonchev–Trinajstić information content (AvgIpc) is 3.83. The number of carboxylic acid groups (broad SMARTS) is 2. The van der Waals surface area contributed by atoms with Gasteiger partial charge in [0.15, 0.2) is 0 Å². The number of primary amides is 1. The predicted octanol–water partition coefficient (Wildman–Crippen LogP) is -4.68. The number of hydrogen-bond donors (Lipinski definition) is 15. The predicted molar refractivity (Wildman–Crippen MR) is 256 cm³/mol. The van der Waals surface area contributed by atoms with Gasteiger partial charge >= 0.3 is 11.9 Å². The van der Waals surface area contributed by atoms with E-state index in [4.69, 9.17) is 11.5 Å². The van der Waals surface area contributed by atoms with Crippen molar-refractivity contribution in [3.05, 3.63) is 29.8 Å². The molecule has 27 nitrogen and oxygen atoms in total. The molecule has 2 rings (SSSR count). The van der Waals surface area contributed by atoms with Gasteiger partial charge in [0.05, 0.1) is 19.3 Å². The van der Waals surface area contributed by atoms with Crippen LogP contribution in [0.4, 0.5) is 0 Å². The molecule has 1 aliphatic rings. The molecule has 1 saturated heterocycles. The fraction of sp³-hybridized carbons (Fsp3) is 0.630. The first-order chi connectivity index (χ1) is 34.2. The lowest BCUT2D eigenvalue weighted by Gasteiger charge is -2.31. The van der Waals surface area contributed by atoms with Crippen LogP contribution in [0.1, 0.15) is 91.5 Å². The number of phenolic OH excluding ortho intramolecular Hbond substituents is 1. The van der Waals surface area contributed by atoms with Crippen molar-refractivity contribution in [3.63, 3.8) is 0 Å². The molecule has 0 unspecified atom stereocenters. The van der Waals surface area contributed by atoms with Crippen LogP contribution < -0.4 is 48.7 Å². The summed E-state index contributed by atoms with van der Waals surface area (Å²) >= 11 is 0. The number of amides is 9. The second-order valence-electron chi connectivity index (χ2n) is 18.3. The second kappa shape index (κ2) is 30.2. The summed E-state index contributed by atoms with van der Waals surface area (Å²) < 4.78 is 0. The first-order valence-corrected chi connectivity index (χ1v) is 23.8. The Kier molecular flexibility index (Phi) is 25.7. The molecule has 1 heterocycles. The summed E-state index contributed by atoms with van der Waals surface area (Å²) in [5.41, 5.74) is 11.5. The van der Waals surface area contributed by atoms with Gasteiger partial charge in [0, 0.05) is 25.8 Å². The van der Waals surface area contributed by atoms with Gasteiger partial charge in [-0.3, -0.25) is 47.9 Å². The third kappa shape index (κ3) is 20.2. The number of aliphatic carboxylic acids is 2. The fourth-order valence-corrected chi connectivity index (χ4v) is 7.59. The maximum atomic E-state index is 14.1. The molecule has 0 bridgehead atoms. The molecule has 0 spiro atoms. The molecule has 1 aliphatic heterocycles. The number of nitrogens with one attached hydrogen (secondary N) is 7. The third-order valence-corrected chi connectivity index (χ3v) is 12.0. The Morgan fingerprint density at radius 2 is 1.21 bits per heavy atom. The highest BCUT2D eigenvalue weighted by Gasteiger charge is 2.41. The van der Waals surface area contributed by atoms with Gasteiger partial charge in [-0.2, -0.15) is 0 Å². The standard InChI is InChI=1S/C46H72N10O17/c1-6-23(4)36(46(72)73)54-44(70)37(24(5)59)55-43(69)33-8-7-17-56(33)45(71)29(13-15-34(48)61)50-42(68)32(21-58)53-39(65)28(14-16-35(62)63)49-40(66)30(18-22(2)3)52-41(67)31(51-38(64)27(47)20-57)19-25-9-11-26(60)12-10-25/h9-12,22-24,27-33,36-37,57-60H,6-8,13-21,47H2,1-5H3,(H2,48,61)(H,49,66)(H,50,68)(H,51,64)(H,52,67)(H,53,65)(H,54,70)(H,55,69)(H,62,63)(H,72,73)/t23-,24+,27-,28-,29-,30-,31-,32-,33-,36-,37-/m0/s1. The number of benzene rings is 1. The van der Waals surface area contributed by atoms with Crippen LogP contribution >= 0.6 is 0 Å². The van der Waals surface area contributed by atoms with E-state index < -0.39 is 170 Å². The lowest BCUT2D eigenvalue weighted by molar-refractivity contribution is -0.145. The zero-order valence-corrected chi connectivity index (χ0v) is 41.5. The number of carboxylic acids is 2. The van der Waals surface area contributed by atoms with Crippen molar-refractivity contribution < 1.29 is 83.4 Å². The van der Waals surface area contributed by atoms with E-state index in [-0.39, 0.29) is 43.9 Å². The van der Waals surface area contributed by atoms with Gasteiger partial charge in [0.25, 0.3) is 0 Å². The van der Waals surface area contributed by atoms with Crippen LogP contribution in [-0.2, 0) is 59.2 Å². The first-order valence-electron chi connectivity index (χ1n) is 23.8. The molecule has 1 aromatic carbocycles. The van der Waals surface area contributed by atoms with Crippen molar-refractivity contribution in [2.45, 2.75) is 153 Å². The Hall–Kier alpha value is -6.97. The van der Waals surface area contributed by atoms with Crippen molar-refractivity contribution in [2.75, 3.05) is 19.8 Å². The van der Waals surface area contributed by atoms with Crippen LogP contribution in [0.2, 0.25) is 0 Å². The molecule has 1 fully saturated rings. The van der Waals surface area contributed by atoms with Crippen molar-refractivity contribution in [1.82, 2.24) is 42.1 Å². The highest BCUT2D eigenvalue weighted by molar-refractivity contribution is 5.98. The molecule has 408 valence electrons. The van der Waals surface area contributed by atoms with E-state index in [0.717, 1.165) is 4.90 Å². The molecular formula is C46H72N10O17. The van der Waals surface area contributed by atoms with Gasteiger partial charge in [-0.15, -0.1) is 0 Å². The molecule has 1 aromatic rings. The lowest BCUT2D eigenvalue weighted by atomic mass is 9.98. The summed E-state index contributed by atoms with van der Waals surface area (Å²) in [4.78, 5) is 145. The molecule has 9 amide bonds. The minimum Gasteiger partial charge on any atom is -0.508 e. The molecule has 0 saturated carbocycles. The SMILES string of the molecule is CC[C@H](C)[C@H](NC(=O)[C@@H](NC(=O)[C@@H]1CCCN1C(=O)[C@H](CCC(N)=O)NC(=O)[C@H](CO)NC(=O)[C@H](CCC(=O)O)NC(=O)[C@H](CC(C)C)NC(=O)[C@H](Cc1ccc(O)cc1)NC(=O)[C@@H](N)CO)[C@@H](C)O)C(=O)O. The number of nitrogens with zero attached hydrogens (tertiary/aromatic N) is 1. The summed E-state index contributed by atoms with van der Waals surface area (Å²) in [6.07, 6.45) is -3.36. The minimum absolute atomic E-state index is 0.0313. The Labute approximate surface area is 421 Å². The van der Waals surface area contributed by atoms with Gasteiger partial charge in [0.1, 0.15) is 60.1 Å². The first kappa shape index (κ1) is 62.1. The number of rotatable bonds is 31. The van der Waals surface area contributed by atoms with Gasteiger partial charge in [-0.05, 0) is 68.6 Å². The number of likely N-dealkylation sites (tertiary alicyclic amines) is 1. The summed E-state index contributed by atoms with van der Waals surface area (Å²) in [5.74, 6) is -12.6. The Morgan fingerprint density at radius 3 is 1.74 bits per heavy atom. The van der Waals surface area contributed by atoms with Crippen LogP contribution in [0.3, 0.4) is 0 Å². The maximum absolute atomic E-state index is 14.1. The number of carbonyl (C=O) groups is 11. The highest BCUT2D eigenvalue weighted by atomic mass is 16.4. The summed E-state index contributed by atoms with van der Waals surface area (Å²) in [7, 11) is 0. The normalized spacial score (nSPS) is 17.4. The van der Waals surface area contributed by atoms with Gasteiger partial charge in [-0.25, -0.2) is 4.79 Å². The zero-order chi connectivity index (χ0) is 55.3. The number of aliphatic hydroxyl groups is 3. The molecule has 73 heavy (non-hydrogen) atoms. The molecule has 0 aromatic heterocycles. The molecule has 27 heteroatoms. The van der Waals surface area contributed by atoms with Crippen LogP contribution in [0, 0.1) is 11.8 Å². The molecular weight excluding hydrogens is 965 g/mol. The van der Waals surface area contributed by atoms with E-state index in [1.54, 1.807) is 27.7 Å². The largest absolute Gasteiger partial charge is 0.508 e. The highest BCUT2D eigenvalue weighted by Crippen LogP contribution is 2.21. The monoisotopic (exact) mass is 1040 g/mol. The number of hydrogen-bond acceptors (Lipinski definition) is 16. The quantitative estimate of drug-likeness (QED) is 0.0332. The fourth-order valence-electron chi connectivity index (χ4n) is 7.59. The van der Waals surface area contributed by atoms with Crippen molar-refractivity contribution >= 4 is 65.1 Å². The van der Waals surface area contributed by atoms with Crippen LogP contribution in [0.15, 0.2) is 24.3 Å². The van der Waals surface area contributed by atoms with Crippen molar-refractivity contribution in [2.24, 2.45) is 23.3 Å². The van der Waals surface area contributed by atoms with E-state index in [0.29, 0.717) is 12.0 Å². The lowest BCUT2D eigenvalue weighted by Crippen LogP contribution is -2.61. The van der Waals surface area contributed by atoms with Gasteiger partial charge in [0.2, 0.25) is 53.2 Å². The Balaban J connectivity index is 2.36. The van der Waals surface area contributed by atoms with Crippen LogP contribution in [0.5, 0.6) is 5.75 Å². The Bertz CT molecular complexity index is 2110. The van der Waals surface area contributed by atoms with E-state index in [2.05, 4.69) is 37.2 Å². The van der Waals surface area contributed by atoms with Gasteiger partial charge in [-0.1, -0.05) is 46.2 Å².